The SMILES string of the molecule is CCCC(CCC)(C(=O)Nc1ccc(SC)cc1)C(N)=S. The van der Waals surface area contributed by atoms with Crippen molar-refractivity contribution in [3.63, 3.8) is 0 Å². The Labute approximate surface area is 137 Å². The van der Waals surface area contributed by atoms with E-state index in [1.807, 2.05) is 44.4 Å². The molecule has 0 heterocycles. The summed E-state index contributed by atoms with van der Waals surface area (Å²) in [6.07, 6.45) is 5.14. The number of rotatable bonds is 8. The van der Waals surface area contributed by atoms with Crippen LogP contribution >= 0.6 is 24.0 Å². The molecule has 3 N–H and O–H groups in total. The minimum atomic E-state index is -0.739. The number of thioether (sulfide) groups is 1. The van der Waals surface area contributed by atoms with E-state index in [2.05, 4.69) is 5.32 Å². The normalized spacial score (nSPS) is 11.2. The fourth-order valence-corrected chi connectivity index (χ4v) is 3.19. The predicted octanol–water partition coefficient (Wildman–Crippen LogP) is 4.22. The van der Waals surface area contributed by atoms with Gasteiger partial charge in [-0.2, -0.15) is 0 Å². The number of carbonyl (C=O) groups excluding carboxylic acids is 1. The fraction of sp³-hybridized carbons (Fsp3) is 0.500. The number of thiocarbonyl (C=S) groups is 1. The number of benzene rings is 1. The van der Waals surface area contributed by atoms with Gasteiger partial charge in [0.25, 0.3) is 0 Å². The molecule has 0 atom stereocenters. The van der Waals surface area contributed by atoms with Gasteiger partial charge in [0.15, 0.2) is 0 Å². The molecule has 0 aliphatic carbocycles. The number of anilines is 1. The Hall–Kier alpha value is -1.07. The highest BCUT2D eigenvalue weighted by Gasteiger charge is 2.39. The van der Waals surface area contributed by atoms with Crippen LogP contribution in [-0.2, 0) is 4.79 Å². The van der Waals surface area contributed by atoms with E-state index >= 15 is 0 Å². The summed E-state index contributed by atoms with van der Waals surface area (Å²) < 4.78 is 0. The second kappa shape index (κ2) is 8.39. The van der Waals surface area contributed by atoms with Gasteiger partial charge >= 0.3 is 0 Å². The van der Waals surface area contributed by atoms with Crippen LogP contribution in [-0.4, -0.2) is 17.2 Å². The Bertz CT molecular complexity index is 480. The topological polar surface area (TPSA) is 55.1 Å². The Morgan fingerprint density at radius 1 is 1.24 bits per heavy atom. The number of nitrogens with two attached hydrogens (primary N) is 1. The molecule has 1 amide bonds. The van der Waals surface area contributed by atoms with Gasteiger partial charge in [-0.3, -0.25) is 4.79 Å². The van der Waals surface area contributed by atoms with E-state index in [-0.39, 0.29) is 5.91 Å². The first-order valence-electron chi connectivity index (χ1n) is 7.25. The maximum Gasteiger partial charge on any atom is 0.237 e. The molecular formula is C16H24N2OS2. The van der Waals surface area contributed by atoms with Gasteiger partial charge < -0.3 is 11.1 Å². The molecule has 0 unspecified atom stereocenters. The van der Waals surface area contributed by atoms with E-state index in [1.54, 1.807) is 11.8 Å². The molecular weight excluding hydrogens is 300 g/mol. The molecule has 0 aliphatic rings. The van der Waals surface area contributed by atoms with Crippen LogP contribution in [0.1, 0.15) is 39.5 Å². The zero-order valence-corrected chi connectivity index (χ0v) is 14.6. The van der Waals surface area contributed by atoms with Gasteiger partial charge in [0.05, 0.1) is 10.4 Å². The Kier molecular flexibility index (Phi) is 7.18. The van der Waals surface area contributed by atoms with E-state index in [1.165, 1.54) is 0 Å². The third-order valence-electron chi connectivity index (χ3n) is 3.61. The van der Waals surface area contributed by atoms with Gasteiger partial charge in [-0.25, -0.2) is 0 Å². The average molecular weight is 325 g/mol. The van der Waals surface area contributed by atoms with E-state index in [9.17, 15) is 4.79 Å². The van der Waals surface area contributed by atoms with Crippen molar-refractivity contribution in [3.05, 3.63) is 24.3 Å². The molecule has 3 nitrogen and oxygen atoms in total. The third-order valence-corrected chi connectivity index (χ3v) is 4.74. The van der Waals surface area contributed by atoms with Crippen molar-refractivity contribution in [1.82, 2.24) is 0 Å². The Morgan fingerprint density at radius 3 is 2.14 bits per heavy atom. The van der Waals surface area contributed by atoms with E-state index in [4.69, 9.17) is 18.0 Å². The van der Waals surface area contributed by atoms with Crippen LogP contribution in [0.5, 0.6) is 0 Å². The van der Waals surface area contributed by atoms with Gasteiger partial charge in [0.2, 0.25) is 5.91 Å². The summed E-state index contributed by atoms with van der Waals surface area (Å²) in [5, 5.41) is 2.97. The summed E-state index contributed by atoms with van der Waals surface area (Å²) in [5.41, 5.74) is 5.96. The maximum atomic E-state index is 12.7. The lowest BCUT2D eigenvalue weighted by atomic mass is 9.78. The highest BCUT2D eigenvalue weighted by molar-refractivity contribution is 7.98. The van der Waals surface area contributed by atoms with Crippen molar-refractivity contribution in [2.24, 2.45) is 11.1 Å². The summed E-state index contributed by atoms with van der Waals surface area (Å²) >= 11 is 6.88. The summed E-state index contributed by atoms with van der Waals surface area (Å²) in [6, 6.07) is 7.79. The molecule has 21 heavy (non-hydrogen) atoms. The van der Waals surface area contributed by atoms with Crippen molar-refractivity contribution in [3.8, 4) is 0 Å². The molecule has 0 aliphatic heterocycles. The lowest BCUT2D eigenvalue weighted by Crippen LogP contribution is -2.46. The monoisotopic (exact) mass is 324 g/mol. The van der Waals surface area contributed by atoms with Crippen molar-refractivity contribution in [2.75, 3.05) is 11.6 Å². The minimum Gasteiger partial charge on any atom is -0.392 e. The van der Waals surface area contributed by atoms with E-state index in [0.29, 0.717) is 17.8 Å². The first-order chi connectivity index (χ1) is 10.00. The number of carbonyl (C=O) groups is 1. The van der Waals surface area contributed by atoms with E-state index < -0.39 is 5.41 Å². The first kappa shape index (κ1) is 18.0. The van der Waals surface area contributed by atoms with E-state index in [0.717, 1.165) is 23.4 Å². The van der Waals surface area contributed by atoms with Crippen LogP contribution in [0.2, 0.25) is 0 Å². The van der Waals surface area contributed by atoms with Crippen molar-refractivity contribution in [1.29, 1.82) is 0 Å². The highest BCUT2D eigenvalue weighted by atomic mass is 32.2. The molecule has 0 bridgehead atoms. The molecule has 1 aromatic rings. The Morgan fingerprint density at radius 2 is 1.76 bits per heavy atom. The second-order valence-corrected chi connectivity index (χ2v) is 6.45. The molecule has 0 fully saturated rings. The number of hydrogen-bond acceptors (Lipinski definition) is 3. The molecule has 0 saturated carbocycles. The molecule has 0 radical (unpaired) electrons. The largest absolute Gasteiger partial charge is 0.392 e. The number of hydrogen-bond donors (Lipinski definition) is 2. The number of amides is 1. The van der Waals surface area contributed by atoms with Crippen LogP contribution in [0.4, 0.5) is 5.69 Å². The molecule has 0 spiro atoms. The van der Waals surface area contributed by atoms with Crippen LogP contribution in [0.3, 0.4) is 0 Å². The summed E-state index contributed by atoms with van der Waals surface area (Å²) in [5.74, 6) is -0.0874. The van der Waals surface area contributed by atoms with Crippen LogP contribution in [0.15, 0.2) is 29.2 Å². The minimum absolute atomic E-state index is 0.0874. The zero-order chi connectivity index (χ0) is 15.9. The molecule has 0 aromatic heterocycles. The molecule has 1 aromatic carbocycles. The molecule has 116 valence electrons. The highest BCUT2D eigenvalue weighted by Crippen LogP contribution is 2.32. The second-order valence-electron chi connectivity index (χ2n) is 5.13. The van der Waals surface area contributed by atoms with Crippen LogP contribution in [0.25, 0.3) is 0 Å². The maximum absolute atomic E-state index is 12.7. The van der Waals surface area contributed by atoms with Crippen molar-refractivity contribution in [2.45, 2.75) is 44.4 Å². The van der Waals surface area contributed by atoms with Gasteiger partial charge in [0, 0.05) is 10.6 Å². The predicted molar refractivity (Wildman–Crippen MR) is 95.9 cm³/mol. The standard InChI is InChI=1S/C16H24N2OS2/c1-4-10-16(11-5-2,14(17)20)15(19)18-12-6-8-13(21-3)9-7-12/h6-9H,4-5,10-11H2,1-3H3,(H2,17,20)(H,18,19). The van der Waals surface area contributed by atoms with Crippen LogP contribution in [0, 0.1) is 5.41 Å². The first-order valence-corrected chi connectivity index (χ1v) is 8.88. The molecule has 5 heteroatoms. The van der Waals surface area contributed by atoms with Crippen molar-refractivity contribution < 1.29 is 4.79 Å². The third kappa shape index (κ3) is 4.45. The van der Waals surface area contributed by atoms with Crippen molar-refractivity contribution >= 4 is 40.6 Å². The summed E-state index contributed by atoms with van der Waals surface area (Å²) in [6.45, 7) is 4.09. The lowest BCUT2D eigenvalue weighted by molar-refractivity contribution is -0.122. The fourth-order valence-electron chi connectivity index (χ4n) is 2.49. The summed E-state index contributed by atoms with van der Waals surface area (Å²) in [4.78, 5) is 14.2. The molecule has 1 rings (SSSR count). The smallest absolute Gasteiger partial charge is 0.237 e. The lowest BCUT2D eigenvalue weighted by Gasteiger charge is -2.31. The van der Waals surface area contributed by atoms with Gasteiger partial charge in [-0.15, -0.1) is 11.8 Å². The quantitative estimate of drug-likeness (QED) is 0.555. The van der Waals surface area contributed by atoms with Gasteiger partial charge in [0.1, 0.15) is 0 Å². The zero-order valence-electron chi connectivity index (χ0n) is 12.9. The van der Waals surface area contributed by atoms with Gasteiger partial charge in [-0.1, -0.05) is 38.9 Å². The Balaban J connectivity index is 2.96. The number of nitrogens with one attached hydrogen (secondary N) is 1. The average Bonchev–Trinajstić information content (AvgIpc) is 2.47. The van der Waals surface area contributed by atoms with Gasteiger partial charge in [-0.05, 0) is 43.4 Å². The van der Waals surface area contributed by atoms with Crippen LogP contribution < -0.4 is 11.1 Å². The summed E-state index contributed by atoms with van der Waals surface area (Å²) in [7, 11) is 0. The molecule has 0 saturated heterocycles.